The number of hydrogen-bond donors (Lipinski definition) is 0. The number of carbonyl (C=O) groups is 1. The Labute approximate surface area is 160 Å². The van der Waals surface area contributed by atoms with E-state index in [-0.39, 0.29) is 5.92 Å². The molecule has 0 N–H and O–H groups in total. The van der Waals surface area contributed by atoms with Crippen molar-refractivity contribution in [2.75, 3.05) is 31.1 Å². The Morgan fingerprint density at radius 3 is 2.44 bits per heavy atom. The minimum absolute atomic E-state index is 0.189. The fraction of sp³-hybridized carbons (Fsp3) is 0.667. The van der Waals surface area contributed by atoms with Gasteiger partial charge >= 0.3 is 0 Å². The summed E-state index contributed by atoms with van der Waals surface area (Å²) in [6, 6.07) is 3.94. The first-order valence-electron chi connectivity index (χ1n) is 10.5. The Bertz CT molecular complexity index is 824. The predicted molar refractivity (Wildman–Crippen MR) is 105 cm³/mol. The summed E-state index contributed by atoms with van der Waals surface area (Å²) in [5.74, 6) is 3.12. The molecule has 27 heavy (non-hydrogen) atoms. The first kappa shape index (κ1) is 17.0. The zero-order chi connectivity index (χ0) is 18.4. The van der Waals surface area contributed by atoms with Crippen molar-refractivity contribution in [3.63, 3.8) is 0 Å². The Morgan fingerprint density at radius 1 is 1.07 bits per heavy atom. The largest absolute Gasteiger partial charge is 0.342 e. The fourth-order valence-corrected chi connectivity index (χ4v) is 5.46. The van der Waals surface area contributed by atoms with Gasteiger partial charge in [0, 0.05) is 45.3 Å². The molecule has 4 heterocycles. The van der Waals surface area contributed by atoms with Crippen LogP contribution in [0.5, 0.6) is 0 Å². The van der Waals surface area contributed by atoms with Crippen LogP contribution in [0.1, 0.15) is 38.5 Å². The van der Waals surface area contributed by atoms with Gasteiger partial charge in [-0.3, -0.25) is 9.36 Å². The number of carbonyl (C=O) groups excluding carboxylic acids is 1. The van der Waals surface area contributed by atoms with Gasteiger partial charge < -0.3 is 9.80 Å². The van der Waals surface area contributed by atoms with Crippen LogP contribution in [0.3, 0.4) is 0 Å². The molecule has 3 fully saturated rings. The fourth-order valence-electron chi connectivity index (χ4n) is 5.46. The lowest BCUT2D eigenvalue weighted by Gasteiger charge is -2.33. The average Bonchev–Trinajstić information content (AvgIpc) is 3.29. The summed E-state index contributed by atoms with van der Waals surface area (Å²) in [6.07, 6.45) is 9.04. The lowest BCUT2D eigenvalue weighted by molar-refractivity contribution is -0.135. The number of piperidine rings is 1. The lowest BCUT2D eigenvalue weighted by atomic mass is 9.82. The van der Waals surface area contributed by atoms with Gasteiger partial charge in [-0.25, -0.2) is 9.97 Å². The molecule has 6 heteroatoms. The second-order valence-electron chi connectivity index (χ2n) is 8.63. The summed E-state index contributed by atoms with van der Waals surface area (Å²) < 4.78 is 2.07. The van der Waals surface area contributed by atoms with Crippen LogP contribution in [-0.2, 0) is 11.8 Å². The van der Waals surface area contributed by atoms with Crippen LogP contribution in [-0.4, -0.2) is 51.5 Å². The number of fused-ring (bicyclic) bond motifs is 2. The summed E-state index contributed by atoms with van der Waals surface area (Å²) >= 11 is 0. The van der Waals surface area contributed by atoms with Crippen LogP contribution in [0.25, 0.3) is 11.2 Å². The van der Waals surface area contributed by atoms with Gasteiger partial charge in [0.25, 0.3) is 0 Å². The molecule has 5 rings (SSSR count). The van der Waals surface area contributed by atoms with Crippen LogP contribution in [0.15, 0.2) is 18.3 Å². The molecule has 2 atom stereocenters. The first-order valence-corrected chi connectivity index (χ1v) is 10.5. The van der Waals surface area contributed by atoms with E-state index in [4.69, 9.17) is 4.98 Å². The highest BCUT2D eigenvalue weighted by Crippen LogP contribution is 2.37. The zero-order valence-electron chi connectivity index (χ0n) is 16.2. The molecule has 2 aliphatic heterocycles. The van der Waals surface area contributed by atoms with Gasteiger partial charge in [0.15, 0.2) is 5.65 Å². The topological polar surface area (TPSA) is 54.3 Å². The number of aromatic nitrogens is 3. The third kappa shape index (κ3) is 2.99. The van der Waals surface area contributed by atoms with E-state index in [0.717, 1.165) is 68.0 Å². The Hall–Kier alpha value is -2.11. The van der Waals surface area contributed by atoms with Crippen LogP contribution in [0, 0.1) is 17.8 Å². The third-order valence-corrected chi connectivity index (χ3v) is 7.02. The molecule has 0 radical (unpaired) electrons. The second-order valence-corrected chi connectivity index (χ2v) is 8.63. The molecule has 0 spiro atoms. The highest BCUT2D eigenvalue weighted by molar-refractivity contribution is 5.80. The molecular formula is C21H29N5O. The molecule has 1 amide bonds. The number of nitrogens with zero attached hydrogens (tertiary/aromatic N) is 5. The monoisotopic (exact) mass is 367 g/mol. The number of imidazole rings is 1. The van der Waals surface area contributed by atoms with E-state index in [1.54, 1.807) is 0 Å². The normalized spacial score (nSPS) is 26.6. The summed E-state index contributed by atoms with van der Waals surface area (Å²) in [4.78, 5) is 26.8. The van der Waals surface area contributed by atoms with Crippen molar-refractivity contribution in [1.29, 1.82) is 0 Å². The van der Waals surface area contributed by atoms with Crippen LogP contribution < -0.4 is 4.90 Å². The van der Waals surface area contributed by atoms with Crippen LogP contribution >= 0.6 is 0 Å². The molecule has 2 saturated heterocycles. The summed E-state index contributed by atoms with van der Waals surface area (Å²) in [5, 5.41) is 0. The van der Waals surface area contributed by atoms with Gasteiger partial charge in [-0.15, -0.1) is 0 Å². The summed E-state index contributed by atoms with van der Waals surface area (Å²) in [7, 11) is 2.03. The number of likely N-dealkylation sites (tertiary alicyclic amines) is 1. The quantitative estimate of drug-likeness (QED) is 0.819. The van der Waals surface area contributed by atoms with Gasteiger partial charge in [0.05, 0.1) is 0 Å². The van der Waals surface area contributed by atoms with Crippen LogP contribution in [0.4, 0.5) is 5.95 Å². The van der Waals surface area contributed by atoms with E-state index in [1.165, 1.54) is 25.7 Å². The third-order valence-electron chi connectivity index (χ3n) is 7.02. The van der Waals surface area contributed by atoms with Gasteiger partial charge in [-0.05, 0) is 49.7 Å². The van der Waals surface area contributed by atoms with E-state index in [0.29, 0.717) is 5.91 Å². The molecule has 144 valence electrons. The van der Waals surface area contributed by atoms with Crippen molar-refractivity contribution < 1.29 is 4.79 Å². The molecule has 6 nitrogen and oxygen atoms in total. The van der Waals surface area contributed by atoms with E-state index in [2.05, 4.69) is 19.4 Å². The van der Waals surface area contributed by atoms with Crippen molar-refractivity contribution in [2.24, 2.45) is 24.8 Å². The van der Waals surface area contributed by atoms with Gasteiger partial charge in [-0.1, -0.05) is 12.8 Å². The van der Waals surface area contributed by atoms with Crippen molar-refractivity contribution in [2.45, 2.75) is 38.5 Å². The zero-order valence-corrected chi connectivity index (χ0v) is 16.2. The van der Waals surface area contributed by atoms with Crippen molar-refractivity contribution >= 4 is 23.0 Å². The molecular weight excluding hydrogens is 338 g/mol. The lowest BCUT2D eigenvalue weighted by Crippen LogP contribution is -2.42. The number of pyridine rings is 1. The predicted octanol–water partition coefficient (Wildman–Crippen LogP) is 2.83. The van der Waals surface area contributed by atoms with Gasteiger partial charge in [0.2, 0.25) is 11.9 Å². The summed E-state index contributed by atoms with van der Waals surface area (Å²) in [5.41, 5.74) is 1.86. The molecule has 1 saturated carbocycles. The number of aryl methyl sites for hydroxylation is 1. The van der Waals surface area contributed by atoms with E-state index in [1.807, 2.05) is 25.4 Å². The minimum Gasteiger partial charge on any atom is -0.342 e. The van der Waals surface area contributed by atoms with Crippen molar-refractivity contribution in [3.8, 4) is 0 Å². The van der Waals surface area contributed by atoms with Gasteiger partial charge in [0.1, 0.15) is 5.52 Å². The highest BCUT2D eigenvalue weighted by atomic mass is 16.2. The maximum Gasteiger partial charge on any atom is 0.225 e. The molecule has 0 aromatic carbocycles. The maximum absolute atomic E-state index is 13.1. The van der Waals surface area contributed by atoms with Crippen LogP contribution in [0.2, 0.25) is 0 Å². The summed E-state index contributed by atoms with van der Waals surface area (Å²) in [6.45, 7) is 3.82. The highest BCUT2D eigenvalue weighted by Gasteiger charge is 2.39. The van der Waals surface area contributed by atoms with Gasteiger partial charge in [-0.2, -0.15) is 0 Å². The SMILES string of the molecule is Cn1c(N2CCC(C(=O)N3CC4CCCCC4C3)CC2)nc2cccnc21. The second kappa shape index (κ2) is 6.80. The van der Waals surface area contributed by atoms with E-state index < -0.39 is 0 Å². The Balaban J connectivity index is 1.23. The average molecular weight is 367 g/mol. The standard InChI is InChI=1S/C21H29N5O/c1-24-19-18(7-4-10-22-19)23-21(24)25-11-8-15(9-12-25)20(27)26-13-16-5-2-3-6-17(16)14-26/h4,7,10,15-17H,2-3,5-6,8-9,11-14H2,1H3. The number of rotatable bonds is 2. The molecule has 2 unspecified atom stereocenters. The van der Waals surface area contributed by atoms with Crippen molar-refractivity contribution in [3.05, 3.63) is 18.3 Å². The Morgan fingerprint density at radius 2 is 1.78 bits per heavy atom. The van der Waals surface area contributed by atoms with E-state index in [9.17, 15) is 4.79 Å². The first-order chi connectivity index (χ1) is 13.2. The number of hydrogen-bond acceptors (Lipinski definition) is 4. The number of amides is 1. The Kier molecular flexibility index (Phi) is 4.29. The number of anilines is 1. The maximum atomic E-state index is 13.1. The molecule has 2 aromatic heterocycles. The molecule has 2 aromatic rings. The van der Waals surface area contributed by atoms with Crippen molar-refractivity contribution in [1.82, 2.24) is 19.4 Å². The minimum atomic E-state index is 0.189. The smallest absolute Gasteiger partial charge is 0.225 e. The molecule has 1 aliphatic carbocycles. The van der Waals surface area contributed by atoms with E-state index >= 15 is 0 Å². The molecule has 3 aliphatic rings. The molecule has 0 bridgehead atoms.